The molecule has 22 heavy (non-hydrogen) atoms. The Labute approximate surface area is 124 Å². The molecule has 116 valence electrons. The first-order valence-electron chi connectivity index (χ1n) is 7.11. The van der Waals surface area contributed by atoms with E-state index < -0.39 is 17.5 Å². The van der Waals surface area contributed by atoms with Crippen LogP contribution in [0.2, 0.25) is 0 Å². The predicted molar refractivity (Wildman–Crippen MR) is 73.8 cm³/mol. The van der Waals surface area contributed by atoms with Gasteiger partial charge in [0.1, 0.15) is 0 Å². The molecule has 0 amide bonds. The zero-order valence-corrected chi connectivity index (χ0v) is 11.6. The van der Waals surface area contributed by atoms with E-state index >= 15 is 0 Å². The van der Waals surface area contributed by atoms with Crippen molar-refractivity contribution in [2.24, 2.45) is 0 Å². The van der Waals surface area contributed by atoms with Crippen LogP contribution in [-0.4, -0.2) is 27.6 Å². The Hall–Kier alpha value is -2.09. The number of fused-ring (bicyclic) bond motifs is 4. The van der Waals surface area contributed by atoms with Gasteiger partial charge in [-0.25, -0.2) is 9.97 Å². The molecule has 1 fully saturated rings. The third-order valence-electron chi connectivity index (χ3n) is 4.34. The maximum Gasteiger partial charge on any atom is 0.450 e. The van der Waals surface area contributed by atoms with Gasteiger partial charge < -0.3 is 10.6 Å². The van der Waals surface area contributed by atoms with Gasteiger partial charge in [0.2, 0.25) is 5.82 Å². The lowest BCUT2D eigenvalue weighted by Gasteiger charge is -2.43. The van der Waals surface area contributed by atoms with Crippen LogP contribution in [0.1, 0.15) is 24.4 Å². The SMILES string of the molecule is FC(F)(F)c1ncc2n1-c1ncccc1NC21CCNCC1. The highest BCUT2D eigenvalue weighted by atomic mass is 19.4. The molecule has 0 saturated carbocycles. The molecular formula is C14H14F3N5. The van der Waals surface area contributed by atoms with E-state index in [1.54, 1.807) is 12.1 Å². The molecule has 2 N–H and O–H groups in total. The summed E-state index contributed by atoms with van der Waals surface area (Å²) in [6.45, 7) is 1.49. The maximum atomic E-state index is 13.3. The largest absolute Gasteiger partial charge is 0.450 e. The summed E-state index contributed by atoms with van der Waals surface area (Å²) in [5.74, 6) is -0.659. The van der Waals surface area contributed by atoms with E-state index in [1.807, 2.05) is 0 Å². The first-order chi connectivity index (χ1) is 10.5. The van der Waals surface area contributed by atoms with Crippen LogP contribution >= 0.6 is 0 Å². The van der Waals surface area contributed by atoms with Gasteiger partial charge in [-0.2, -0.15) is 13.2 Å². The van der Waals surface area contributed by atoms with Crippen LogP contribution in [0.25, 0.3) is 5.82 Å². The Morgan fingerprint density at radius 1 is 1.18 bits per heavy atom. The predicted octanol–water partition coefficient (Wildman–Crippen LogP) is 2.29. The van der Waals surface area contributed by atoms with Gasteiger partial charge in [-0.1, -0.05) is 0 Å². The van der Waals surface area contributed by atoms with E-state index in [2.05, 4.69) is 20.6 Å². The van der Waals surface area contributed by atoms with Gasteiger partial charge in [-0.05, 0) is 38.1 Å². The second-order valence-electron chi connectivity index (χ2n) is 5.63. The number of imidazole rings is 1. The second kappa shape index (κ2) is 4.45. The molecule has 2 aliphatic heterocycles. The number of nitrogens with zero attached hydrogens (tertiary/aromatic N) is 3. The maximum absolute atomic E-state index is 13.3. The van der Waals surface area contributed by atoms with E-state index in [0.717, 1.165) is 17.7 Å². The van der Waals surface area contributed by atoms with Crippen molar-refractivity contribution in [2.75, 3.05) is 18.4 Å². The van der Waals surface area contributed by atoms with Crippen LogP contribution in [0, 0.1) is 0 Å². The minimum atomic E-state index is -4.52. The summed E-state index contributed by atoms with van der Waals surface area (Å²) in [6, 6.07) is 3.48. The first kappa shape index (κ1) is 13.6. The Balaban J connectivity index is 1.97. The highest BCUT2D eigenvalue weighted by molar-refractivity contribution is 5.63. The highest BCUT2D eigenvalue weighted by Gasteiger charge is 2.46. The third kappa shape index (κ3) is 1.83. The second-order valence-corrected chi connectivity index (χ2v) is 5.63. The smallest absolute Gasteiger partial charge is 0.371 e. The lowest BCUT2D eigenvalue weighted by atomic mass is 9.83. The van der Waals surface area contributed by atoms with Crippen molar-refractivity contribution in [2.45, 2.75) is 24.6 Å². The summed E-state index contributed by atoms with van der Waals surface area (Å²) < 4.78 is 41.1. The van der Waals surface area contributed by atoms with Gasteiger partial charge >= 0.3 is 6.18 Å². The average molecular weight is 309 g/mol. The quantitative estimate of drug-likeness (QED) is 0.784. The average Bonchev–Trinajstić information content (AvgIpc) is 2.95. The van der Waals surface area contributed by atoms with Gasteiger partial charge in [0.05, 0.1) is 23.1 Å². The summed E-state index contributed by atoms with van der Waals surface area (Å²) in [6.07, 6.45) is -0.295. The molecule has 1 spiro atoms. The molecule has 0 atom stereocenters. The Morgan fingerprint density at radius 3 is 2.68 bits per heavy atom. The number of nitrogens with one attached hydrogen (secondary N) is 2. The Morgan fingerprint density at radius 2 is 1.95 bits per heavy atom. The lowest BCUT2D eigenvalue weighted by Crippen LogP contribution is -2.48. The van der Waals surface area contributed by atoms with Crippen LogP contribution in [-0.2, 0) is 11.7 Å². The molecular weight excluding hydrogens is 295 g/mol. The van der Waals surface area contributed by atoms with E-state index in [9.17, 15) is 13.2 Å². The van der Waals surface area contributed by atoms with Crippen molar-refractivity contribution in [3.05, 3.63) is 36.0 Å². The summed E-state index contributed by atoms with van der Waals surface area (Å²) in [7, 11) is 0. The molecule has 1 saturated heterocycles. The number of pyridine rings is 1. The van der Waals surface area contributed by atoms with Crippen molar-refractivity contribution < 1.29 is 13.2 Å². The fraction of sp³-hybridized carbons (Fsp3) is 0.429. The minimum Gasteiger partial charge on any atom is -0.371 e. The molecule has 0 aromatic carbocycles. The van der Waals surface area contributed by atoms with Crippen molar-refractivity contribution >= 4 is 5.69 Å². The van der Waals surface area contributed by atoms with Crippen molar-refractivity contribution in [1.82, 2.24) is 19.9 Å². The van der Waals surface area contributed by atoms with E-state index in [0.29, 0.717) is 24.2 Å². The summed E-state index contributed by atoms with van der Waals surface area (Å²) in [5.41, 5.74) is 0.616. The Bertz CT molecular complexity index is 716. The zero-order chi connectivity index (χ0) is 15.4. The van der Waals surface area contributed by atoms with Crippen LogP contribution in [0.3, 0.4) is 0 Å². The van der Waals surface area contributed by atoms with Crippen LogP contribution < -0.4 is 10.6 Å². The molecule has 4 heterocycles. The van der Waals surface area contributed by atoms with E-state index in [-0.39, 0.29) is 5.82 Å². The summed E-state index contributed by atoms with van der Waals surface area (Å²) >= 11 is 0. The highest BCUT2D eigenvalue weighted by Crippen LogP contribution is 2.44. The first-order valence-corrected chi connectivity index (χ1v) is 7.11. The number of piperidine rings is 1. The molecule has 0 unspecified atom stereocenters. The van der Waals surface area contributed by atoms with E-state index in [4.69, 9.17) is 0 Å². The summed E-state index contributed by atoms with van der Waals surface area (Å²) in [5, 5.41) is 6.64. The molecule has 2 aromatic rings. The van der Waals surface area contributed by atoms with Crippen LogP contribution in [0.15, 0.2) is 24.5 Å². The van der Waals surface area contributed by atoms with Gasteiger partial charge in [0.15, 0.2) is 5.82 Å². The molecule has 2 aromatic heterocycles. The van der Waals surface area contributed by atoms with Crippen LogP contribution in [0.5, 0.6) is 0 Å². The van der Waals surface area contributed by atoms with Crippen molar-refractivity contribution in [3.8, 4) is 5.82 Å². The topological polar surface area (TPSA) is 54.8 Å². The molecule has 0 bridgehead atoms. The molecule has 0 aliphatic carbocycles. The number of alkyl halides is 3. The monoisotopic (exact) mass is 309 g/mol. The minimum absolute atomic E-state index is 0.256. The van der Waals surface area contributed by atoms with Crippen molar-refractivity contribution in [1.29, 1.82) is 0 Å². The van der Waals surface area contributed by atoms with Gasteiger partial charge in [0, 0.05) is 6.20 Å². The van der Waals surface area contributed by atoms with E-state index in [1.165, 1.54) is 12.4 Å². The number of anilines is 1. The molecule has 0 radical (unpaired) electrons. The fourth-order valence-electron chi connectivity index (χ4n) is 3.33. The molecule has 5 nitrogen and oxygen atoms in total. The number of aromatic nitrogens is 3. The van der Waals surface area contributed by atoms with Crippen LogP contribution in [0.4, 0.5) is 18.9 Å². The zero-order valence-electron chi connectivity index (χ0n) is 11.6. The Kier molecular flexibility index (Phi) is 2.75. The number of halogens is 3. The third-order valence-corrected chi connectivity index (χ3v) is 4.34. The van der Waals surface area contributed by atoms with Gasteiger partial charge in [-0.15, -0.1) is 0 Å². The standard InChI is InChI=1S/C14H14F3N5/c15-14(16,17)12-20-8-10-13(3-6-18-7-4-13)21-9-2-1-5-19-11(9)22(10)12/h1-2,5,8,18,21H,3-4,6-7H2. The number of rotatable bonds is 0. The molecule has 8 heteroatoms. The van der Waals surface area contributed by atoms with Gasteiger partial charge in [0.25, 0.3) is 0 Å². The molecule has 4 rings (SSSR count). The summed E-state index contributed by atoms with van der Waals surface area (Å²) in [4.78, 5) is 7.78. The lowest BCUT2D eigenvalue weighted by molar-refractivity contribution is -0.146. The van der Waals surface area contributed by atoms with Gasteiger partial charge in [-0.3, -0.25) is 4.57 Å². The fourth-order valence-corrected chi connectivity index (χ4v) is 3.33. The molecule has 2 aliphatic rings. The normalized spacial score (nSPS) is 19.4. The number of hydrogen-bond donors (Lipinski definition) is 2. The van der Waals surface area contributed by atoms with Crippen molar-refractivity contribution in [3.63, 3.8) is 0 Å². The number of hydrogen-bond acceptors (Lipinski definition) is 4.